The topological polar surface area (TPSA) is 119 Å². The van der Waals surface area contributed by atoms with Crippen molar-refractivity contribution < 1.29 is 18.7 Å². The van der Waals surface area contributed by atoms with Gasteiger partial charge in [0.2, 0.25) is 11.8 Å². The summed E-state index contributed by atoms with van der Waals surface area (Å²) < 4.78 is 12.0. The molecule has 2 aliphatic rings. The lowest BCUT2D eigenvalue weighted by molar-refractivity contribution is -0.116. The molecule has 3 aromatic heterocycles. The molecule has 240 valence electrons. The van der Waals surface area contributed by atoms with E-state index in [4.69, 9.17) is 23.9 Å². The molecule has 5 rings (SSSR count). The number of pyridine rings is 1. The van der Waals surface area contributed by atoms with Gasteiger partial charge in [0, 0.05) is 30.5 Å². The van der Waals surface area contributed by atoms with E-state index in [1.54, 1.807) is 6.92 Å². The van der Waals surface area contributed by atoms with E-state index in [2.05, 4.69) is 28.6 Å². The van der Waals surface area contributed by atoms with Crippen LogP contribution in [0.4, 0.5) is 11.8 Å². The molecule has 0 spiro atoms. The van der Waals surface area contributed by atoms with Crippen molar-refractivity contribution in [2.45, 2.75) is 106 Å². The van der Waals surface area contributed by atoms with E-state index in [9.17, 15) is 4.79 Å². The van der Waals surface area contributed by atoms with E-state index < -0.39 is 0 Å². The number of nitrogens with zero attached hydrogens (tertiary/aromatic N) is 3. The van der Waals surface area contributed by atoms with Crippen LogP contribution >= 0.6 is 12.4 Å². The van der Waals surface area contributed by atoms with Crippen molar-refractivity contribution in [3.63, 3.8) is 0 Å². The largest absolute Gasteiger partial charge is 0.478 e. The predicted molar refractivity (Wildman–Crippen MR) is 179 cm³/mol. The van der Waals surface area contributed by atoms with Crippen molar-refractivity contribution in [2.24, 2.45) is 11.8 Å². The van der Waals surface area contributed by atoms with Gasteiger partial charge in [-0.1, -0.05) is 34.1 Å². The van der Waals surface area contributed by atoms with Gasteiger partial charge in [-0.25, -0.2) is 9.97 Å². The summed E-state index contributed by atoms with van der Waals surface area (Å²) in [7, 11) is 0. The summed E-state index contributed by atoms with van der Waals surface area (Å²) in [5.41, 5.74) is 3.44. The second-order valence-electron chi connectivity index (χ2n) is 10.7. The Morgan fingerprint density at radius 1 is 1.00 bits per heavy atom. The molecule has 10 heteroatoms. The van der Waals surface area contributed by atoms with E-state index in [0.717, 1.165) is 57.9 Å². The van der Waals surface area contributed by atoms with Crippen LogP contribution in [0, 0.1) is 25.7 Å². The number of ketones is 1. The molecule has 3 heterocycles. The number of fused-ring (bicyclic) bond motifs is 1. The number of hydrogen-bond donors (Lipinski definition) is 2. The number of aryl methyl sites for hydroxylation is 2. The van der Waals surface area contributed by atoms with Gasteiger partial charge >= 0.3 is 0 Å². The third kappa shape index (κ3) is 11.1. The smallest absolute Gasteiger partial charge is 0.224 e. The number of Topliss-reactive ketones (excluding diaryl/α,β-unsaturated/α-hetero) is 1. The molecule has 0 radical (unpaired) electrons. The number of furan rings is 1. The highest BCUT2D eigenvalue weighted by Crippen LogP contribution is 2.38. The van der Waals surface area contributed by atoms with Crippen molar-refractivity contribution in [1.82, 2.24) is 15.0 Å². The first kappa shape index (κ1) is 37.8. The van der Waals surface area contributed by atoms with Gasteiger partial charge in [-0.3, -0.25) is 0 Å². The molecule has 9 nitrogen and oxygen atoms in total. The highest BCUT2D eigenvalue weighted by molar-refractivity contribution is 5.88. The molecule has 0 aromatic carbocycles. The Labute approximate surface area is 263 Å². The number of carbonyl (C=O) groups is 2. The zero-order chi connectivity index (χ0) is 31.2. The van der Waals surface area contributed by atoms with Crippen molar-refractivity contribution in [2.75, 3.05) is 23.8 Å². The Hall–Kier alpha value is -3.20. The number of aromatic nitrogens is 3. The van der Waals surface area contributed by atoms with Crippen LogP contribution in [0.25, 0.3) is 22.3 Å². The molecule has 0 aliphatic heterocycles. The van der Waals surface area contributed by atoms with E-state index in [1.165, 1.54) is 38.5 Å². The van der Waals surface area contributed by atoms with Gasteiger partial charge in [0.25, 0.3) is 0 Å². The summed E-state index contributed by atoms with van der Waals surface area (Å²) in [5, 5.41) is 8.19. The summed E-state index contributed by atoms with van der Waals surface area (Å²) in [5.74, 6) is 4.75. The Balaban J connectivity index is 0.000000829. The molecule has 0 bridgehead atoms. The third-order valence-corrected chi connectivity index (χ3v) is 7.48. The van der Waals surface area contributed by atoms with E-state index in [-0.39, 0.29) is 18.2 Å². The lowest BCUT2D eigenvalue weighted by atomic mass is 10.1. The Bertz CT molecular complexity index is 1280. The number of ether oxygens (including phenoxy) is 1. The van der Waals surface area contributed by atoms with Crippen molar-refractivity contribution in [3.8, 4) is 17.2 Å². The molecule has 2 aliphatic carbocycles. The lowest BCUT2D eigenvalue weighted by Gasteiger charge is -2.18. The molecule has 2 fully saturated rings. The number of nitrogens with one attached hydrogen (secondary N) is 2. The van der Waals surface area contributed by atoms with Crippen LogP contribution in [-0.2, 0) is 9.59 Å². The van der Waals surface area contributed by atoms with Crippen LogP contribution in [-0.4, -0.2) is 46.7 Å². The monoisotopic (exact) mass is 617 g/mol. The fourth-order valence-corrected chi connectivity index (χ4v) is 4.90. The summed E-state index contributed by atoms with van der Waals surface area (Å²) in [6, 6.07) is 4.43. The Morgan fingerprint density at radius 3 is 2.21 bits per heavy atom. The van der Waals surface area contributed by atoms with E-state index in [1.807, 2.05) is 54.4 Å². The van der Waals surface area contributed by atoms with Crippen LogP contribution in [0.2, 0.25) is 0 Å². The summed E-state index contributed by atoms with van der Waals surface area (Å²) in [4.78, 5) is 32.1. The van der Waals surface area contributed by atoms with Crippen molar-refractivity contribution in [1.29, 1.82) is 0 Å². The van der Waals surface area contributed by atoms with Gasteiger partial charge in [0.1, 0.15) is 24.2 Å². The molecule has 0 amide bonds. The highest BCUT2D eigenvalue weighted by atomic mass is 35.5. The standard InChI is InChI=1S/C26H35N5O2.C4H8O.C2H6.CH2O.ClH/c1-5-17-9-10-20(11-17)30-25-23(15(3)29-26(31-25)27-14-18-7-8-18)21-12-19-13-22(32-6-2)28-16(4)24(19)33-21;1-3-4(2)5;2*1-2;/h12-13,17-18,20H,5-11,14H2,1-4H3,(H2,27,29,30,31);3H2,1-2H3;1-2H3;1H2;1H. The maximum atomic E-state index is 9.81. The first-order chi connectivity index (χ1) is 20.3. The van der Waals surface area contributed by atoms with Crippen LogP contribution in [0.1, 0.15) is 97.9 Å². The van der Waals surface area contributed by atoms with Crippen LogP contribution in [0.5, 0.6) is 5.88 Å². The van der Waals surface area contributed by atoms with Gasteiger partial charge in [-0.05, 0) is 77.7 Å². The van der Waals surface area contributed by atoms with Crippen LogP contribution < -0.4 is 15.4 Å². The Kier molecular flexibility index (Phi) is 16.8. The normalized spacial score (nSPS) is 16.7. The number of rotatable bonds is 10. The lowest BCUT2D eigenvalue weighted by Crippen LogP contribution is -2.19. The summed E-state index contributed by atoms with van der Waals surface area (Å²) in [6.07, 6.45) is 8.13. The molecular formula is C33H52ClN5O4. The van der Waals surface area contributed by atoms with E-state index in [0.29, 0.717) is 30.9 Å². The third-order valence-electron chi connectivity index (χ3n) is 7.48. The fourth-order valence-electron chi connectivity index (χ4n) is 4.90. The molecular weight excluding hydrogens is 566 g/mol. The number of halogens is 1. The molecule has 0 saturated heterocycles. The average molecular weight is 618 g/mol. The molecule has 2 saturated carbocycles. The minimum absolute atomic E-state index is 0. The minimum atomic E-state index is 0. The van der Waals surface area contributed by atoms with E-state index >= 15 is 0 Å². The average Bonchev–Trinajstić information content (AvgIpc) is 3.55. The summed E-state index contributed by atoms with van der Waals surface area (Å²) in [6.45, 7) is 19.2. The number of anilines is 2. The molecule has 2 atom stereocenters. The summed E-state index contributed by atoms with van der Waals surface area (Å²) >= 11 is 0. The highest BCUT2D eigenvalue weighted by Gasteiger charge is 2.27. The quantitative estimate of drug-likeness (QED) is 0.231. The molecule has 2 N–H and O–H groups in total. The fraction of sp³-hybridized carbons (Fsp3) is 0.606. The van der Waals surface area contributed by atoms with Crippen LogP contribution in [0.15, 0.2) is 16.5 Å². The van der Waals surface area contributed by atoms with Crippen LogP contribution in [0.3, 0.4) is 0 Å². The Morgan fingerprint density at radius 2 is 1.65 bits per heavy atom. The molecule has 3 aromatic rings. The van der Waals surface area contributed by atoms with Crippen molar-refractivity contribution >= 4 is 47.7 Å². The first-order valence-corrected chi connectivity index (χ1v) is 15.5. The van der Waals surface area contributed by atoms with Gasteiger partial charge in [0.05, 0.1) is 23.6 Å². The van der Waals surface area contributed by atoms with Gasteiger partial charge in [-0.15, -0.1) is 12.4 Å². The minimum Gasteiger partial charge on any atom is -0.478 e. The maximum Gasteiger partial charge on any atom is 0.224 e. The maximum absolute atomic E-state index is 9.81. The molecule has 2 unspecified atom stereocenters. The first-order valence-electron chi connectivity index (χ1n) is 15.5. The van der Waals surface area contributed by atoms with Gasteiger partial charge < -0.3 is 29.4 Å². The number of carbonyl (C=O) groups excluding carboxylic acids is 2. The predicted octanol–water partition coefficient (Wildman–Crippen LogP) is 8.36. The second-order valence-corrected chi connectivity index (χ2v) is 10.7. The molecule has 43 heavy (non-hydrogen) atoms. The van der Waals surface area contributed by atoms with Crippen molar-refractivity contribution in [3.05, 3.63) is 23.5 Å². The second kappa shape index (κ2) is 19.2. The zero-order valence-corrected chi connectivity index (χ0v) is 28.2. The number of hydrogen-bond acceptors (Lipinski definition) is 9. The van der Waals surface area contributed by atoms with Gasteiger partial charge in [-0.2, -0.15) is 4.98 Å². The van der Waals surface area contributed by atoms with Gasteiger partial charge in [0.15, 0.2) is 5.58 Å². The SMILES string of the molecule is C=O.CC.CCC(C)=O.CCOc1cc2cc(-c3c(C)nc(NCC4CC4)nc3NC3CCC(CC)C3)oc2c(C)n1.Cl. The zero-order valence-electron chi connectivity index (χ0n) is 27.3.